The van der Waals surface area contributed by atoms with Gasteiger partial charge in [-0.05, 0) is 25.0 Å². The van der Waals surface area contributed by atoms with Gasteiger partial charge in [-0.2, -0.15) is 0 Å². The Labute approximate surface area is 128 Å². The van der Waals surface area contributed by atoms with Gasteiger partial charge in [0.2, 0.25) is 0 Å². The van der Waals surface area contributed by atoms with E-state index >= 15 is 0 Å². The molecule has 2 rings (SSSR count). The van der Waals surface area contributed by atoms with Gasteiger partial charge in [0, 0.05) is 19.2 Å². The molecule has 1 fully saturated rings. The number of amides is 2. The van der Waals surface area contributed by atoms with Crippen LogP contribution >= 0.6 is 0 Å². The van der Waals surface area contributed by atoms with Crippen LogP contribution in [0.15, 0.2) is 18.2 Å². The number of hydrogen-bond donors (Lipinski definition) is 2. The van der Waals surface area contributed by atoms with E-state index in [9.17, 15) is 9.59 Å². The van der Waals surface area contributed by atoms with E-state index in [0.29, 0.717) is 30.3 Å². The highest BCUT2D eigenvalue weighted by molar-refractivity contribution is 6.39. The molecule has 1 saturated heterocycles. The number of carbonyl (C=O) groups is 2. The van der Waals surface area contributed by atoms with Gasteiger partial charge in [0.05, 0.1) is 26.0 Å². The second kappa shape index (κ2) is 7.65. The molecular formula is C15H20N2O5. The molecule has 22 heavy (non-hydrogen) atoms. The Bertz CT molecular complexity index is 541. The third-order valence-electron chi connectivity index (χ3n) is 3.38. The van der Waals surface area contributed by atoms with Gasteiger partial charge >= 0.3 is 11.8 Å². The van der Waals surface area contributed by atoms with Crippen LogP contribution in [-0.2, 0) is 14.3 Å². The van der Waals surface area contributed by atoms with Crippen LogP contribution in [0, 0.1) is 0 Å². The molecule has 1 atom stereocenters. The van der Waals surface area contributed by atoms with Crippen molar-refractivity contribution in [2.24, 2.45) is 0 Å². The smallest absolute Gasteiger partial charge is 0.313 e. The third kappa shape index (κ3) is 4.11. The Morgan fingerprint density at radius 2 is 2.09 bits per heavy atom. The van der Waals surface area contributed by atoms with Crippen molar-refractivity contribution in [3.8, 4) is 11.5 Å². The maximum Gasteiger partial charge on any atom is 0.313 e. The predicted octanol–water partition coefficient (Wildman–Crippen LogP) is 0.937. The lowest BCUT2D eigenvalue weighted by Gasteiger charge is -2.13. The summed E-state index contributed by atoms with van der Waals surface area (Å²) in [7, 11) is 3.01. The summed E-state index contributed by atoms with van der Waals surface area (Å²) in [5.74, 6) is -0.438. The first-order valence-electron chi connectivity index (χ1n) is 7.07. The number of ether oxygens (including phenoxy) is 3. The van der Waals surface area contributed by atoms with Crippen LogP contribution in [0.2, 0.25) is 0 Å². The molecule has 1 aliphatic rings. The molecule has 1 unspecified atom stereocenters. The van der Waals surface area contributed by atoms with Crippen molar-refractivity contribution >= 4 is 17.5 Å². The molecule has 0 saturated carbocycles. The number of benzene rings is 1. The Kier molecular flexibility index (Phi) is 5.60. The van der Waals surface area contributed by atoms with Gasteiger partial charge in [-0.3, -0.25) is 9.59 Å². The third-order valence-corrected chi connectivity index (χ3v) is 3.38. The molecule has 1 aliphatic heterocycles. The van der Waals surface area contributed by atoms with Crippen molar-refractivity contribution in [3.63, 3.8) is 0 Å². The lowest BCUT2D eigenvalue weighted by atomic mass is 10.2. The lowest BCUT2D eigenvalue weighted by Crippen LogP contribution is -2.39. The van der Waals surface area contributed by atoms with Crippen molar-refractivity contribution < 1.29 is 23.8 Å². The zero-order chi connectivity index (χ0) is 15.9. The van der Waals surface area contributed by atoms with Crippen molar-refractivity contribution in [3.05, 3.63) is 18.2 Å². The van der Waals surface area contributed by atoms with Crippen LogP contribution in [0.1, 0.15) is 12.8 Å². The second-order valence-corrected chi connectivity index (χ2v) is 4.87. The van der Waals surface area contributed by atoms with E-state index in [1.54, 1.807) is 18.2 Å². The number of anilines is 1. The van der Waals surface area contributed by atoms with Gasteiger partial charge in [0.25, 0.3) is 0 Å². The first-order valence-corrected chi connectivity index (χ1v) is 7.07. The first-order chi connectivity index (χ1) is 10.6. The Hall–Kier alpha value is -2.28. The highest BCUT2D eigenvalue weighted by Gasteiger charge is 2.20. The zero-order valence-corrected chi connectivity index (χ0v) is 12.7. The number of carbonyl (C=O) groups excluding carboxylic acids is 2. The molecule has 0 radical (unpaired) electrons. The molecule has 7 heteroatoms. The quantitative estimate of drug-likeness (QED) is 0.791. The van der Waals surface area contributed by atoms with Crippen molar-refractivity contribution in [2.75, 3.05) is 32.7 Å². The monoisotopic (exact) mass is 308 g/mol. The van der Waals surface area contributed by atoms with E-state index < -0.39 is 11.8 Å². The fourth-order valence-corrected chi connectivity index (χ4v) is 2.17. The molecule has 2 amide bonds. The normalized spacial score (nSPS) is 16.9. The number of methoxy groups -OCH3 is 2. The van der Waals surface area contributed by atoms with E-state index in [4.69, 9.17) is 14.2 Å². The Balaban J connectivity index is 1.91. The SMILES string of the molecule is COc1ccc(NC(=O)C(=O)NCC2CCCO2)c(OC)c1. The van der Waals surface area contributed by atoms with E-state index in [-0.39, 0.29) is 6.10 Å². The summed E-state index contributed by atoms with van der Waals surface area (Å²) >= 11 is 0. The standard InChI is InChI=1S/C15H20N2O5/c1-20-10-5-6-12(13(8-10)21-2)17-15(19)14(18)16-9-11-4-3-7-22-11/h5-6,8,11H,3-4,7,9H2,1-2H3,(H,16,18)(H,17,19). The average Bonchev–Trinajstić information content (AvgIpc) is 3.06. The van der Waals surface area contributed by atoms with E-state index in [0.717, 1.165) is 12.8 Å². The van der Waals surface area contributed by atoms with Crippen LogP contribution in [-0.4, -0.2) is 45.3 Å². The number of nitrogens with one attached hydrogen (secondary N) is 2. The van der Waals surface area contributed by atoms with E-state index in [1.807, 2.05) is 0 Å². The summed E-state index contributed by atoms with van der Waals surface area (Å²) in [5, 5.41) is 5.08. The molecule has 120 valence electrons. The minimum atomic E-state index is -0.749. The van der Waals surface area contributed by atoms with E-state index in [2.05, 4.69) is 10.6 Å². The molecule has 1 aromatic carbocycles. The lowest BCUT2D eigenvalue weighted by molar-refractivity contribution is -0.136. The van der Waals surface area contributed by atoms with Crippen LogP contribution in [0.25, 0.3) is 0 Å². The van der Waals surface area contributed by atoms with E-state index in [1.165, 1.54) is 14.2 Å². The fourth-order valence-electron chi connectivity index (χ4n) is 2.17. The van der Waals surface area contributed by atoms with Crippen molar-refractivity contribution in [2.45, 2.75) is 18.9 Å². The molecule has 1 heterocycles. The summed E-state index contributed by atoms with van der Waals surface area (Å²) in [6, 6.07) is 4.91. The van der Waals surface area contributed by atoms with Crippen LogP contribution in [0.4, 0.5) is 5.69 Å². The second-order valence-electron chi connectivity index (χ2n) is 4.87. The predicted molar refractivity (Wildman–Crippen MR) is 80.2 cm³/mol. The summed E-state index contributed by atoms with van der Waals surface area (Å²) in [6.45, 7) is 1.04. The highest BCUT2D eigenvalue weighted by Crippen LogP contribution is 2.28. The minimum Gasteiger partial charge on any atom is -0.497 e. The van der Waals surface area contributed by atoms with Gasteiger partial charge in [0.1, 0.15) is 11.5 Å². The first kappa shape index (κ1) is 16.1. The molecule has 1 aromatic rings. The Morgan fingerprint density at radius 3 is 2.73 bits per heavy atom. The summed E-state index contributed by atoms with van der Waals surface area (Å²) in [5.41, 5.74) is 0.403. The Morgan fingerprint density at radius 1 is 1.27 bits per heavy atom. The molecular weight excluding hydrogens is 288 g/mol. The van der Waals surface area contributed by atoms with Gasteiger partial charge in [-0.15, -0.1) is 0 Å². The van der Waals surface area contributed by atoms with Gasteiger partial charge < -0.3 is 24.8 Å². The molecule has 7 nitrogen and oxygen atoms in total. The minimum absolute atomic E-state index is 0.00716. The van der Waals surface area contributed by atoms with Gasteiger partial charge in [0.15, 0.2) is 0 Å². The largest absolute Gasteiger partial charge is 0.497 e. The highest BCUT2D eigenvalue weighted by atomic mass is 16.5. The number of hydrogen-bond acceptors (Lipinski definition) is 5. The van der Waals surface area contributed by atoms with Gasteiger partial charge in [-0.1, -0.05) is 0 Å². The van der Waals surface area contributed by atoms with Crippen LogP contribution in [0.3, 0.4) is 0 Å². The maximum absolute atomic E-state index is 11.9. The molecule has 0 spiro atoms. The van der Waals surface area contributed by atoms with Gasteiger partial charge in [-0.25, -0.2) is 0 Å². The molecule has 2 N–H and O–H groups in total. The molecule has 0 bridgehead atoms. The van der Waals surface area contributed by atoms with Crippen LogP contribution < -0.4 is 20.1 Å². The van der Waals surface area contributed by atoms with Crippen molar-refractivity contribution in [1.29, 1.82) is 0 Å². The topological polar surface area (TPSA) is 85.9 Å². The average molecular weight is 308 g/mol. The summed E-state index contributed by atoms with van der Waals surface area (Å²) in [6.07, 6.45) is 1.87. The summed E-state index contributed by atoms with van der Waals surface area (Å²) < 4.78 is 15.6. The van der Waals surface area contributed by atoms with Crippen LogP contribution in [0.5, 0.6) is 11.5 Å². The fraction of sp³-hybridized carbons (Fsp3) is 0.467. The summed E-state index contributed by atoms with van der Waals surface area (Å²) in [4.78, 5) is 23.7. The number of rotatable bonds is 5. The maximum atomic E-state index is 11.9. The zero-order valence-electron chi connectivity index (χ0n) is 12.7. The van der Waals surface area contributed by atoms with Crippen molar-refractivity contribution in [1.82, 2.24) is 5.32 Å². The molecule has 0 aliphatic carbocycles. The molecule has 0 aromatic heterocycles.